The van der Waals surface area contributed by atoms with Gasteiger partial charge in [-0.3, -0.25) is 9.59 Å². The number of hydrogen-bond donors (Lipinski definition) is 1. The number of hydrogen-bond acceptors (Lipinski definition) is 4. The number of carbonyl (C=O) groups excluding carboxylic acids is 3. The Morgan fingerprint density at radius 1 is 1.32 bits per heavy atom. The number of ketones is 1. The van der Waals surface area contributed by atoms with Gasteiger partial charge in [0.15, 0.2) is 0 Å². The summed E-state index contributed by atoms with van der Waals surface area (Å²) in [5, 5.41) is 2.71. The summed E-state index contributed by atoms with van der Waals surface area (Å²) < 4.78 is 5.15. The van der Waals surface area contributed by atoms with E-state index in [1.807, 2.05) is 0 Å². The van der Waals surface area contributed by atoms with Gasteiger partial charge in [-0.25, -0.2) is 4.79 Å². The first-order chi connectivity index (χ1) is 8.46. The Kier molecular flexibility index (Phi) is 3.89. The second-order valence-corrected chi connectivity index (χ2v) is 6.12. The molecule has 5 heteroatoms. The second-order valence-electron chi connectivity index (χ2n) is 6.12. The van der Waals surface area contributed by atoms with Crippen LogP contribution >= 0.6 is 0 Å². The Balaban J connectivity index is 2.93. The van der Waals surface area contributed by atoms with Crippen LogP contribution in [0, 0.1) is 0 Å². The molecule has 1 amide bonds. The van der Waals surface area contributed by atoms with Crippen molar-refractivity contribution in [1.82, 2.24) is 5.32 Å². The molecule has 0 radical (unpaired) electrons. The van der Waals surface area contributed by atoms with Crippen molar-refractivity contribution < 1.29 is 19.1 Å². The van der Waals surface area contributed by atoms with E-state index in [-0.39, 0.29) is 17.8 Å². The fourth-order valence-corrected chi connectivity index (χ4v) is 2.11. The van der Waals surface area contributed by atoms with Gasteiger partial charge in [-0.15, -0.1) is 0 Å². The summed E-state index contributed by atoms with van der Waals surface area (Å²) in [4.78, 5) is 35.1. The van der Waals surface area contributed by atoms with Gasteiger partial charge in [-0.05, 0) is 47.1 Å². The molecule has 5 nitrogen and oxygen atoms in total. The SMILES string of the molecule is CC(=O)CC(C)(C)NC(=O)C1=C(C)C(C)(C)OC1=O. The van der Waals surface area contributed by atoms with Gasteiger partial charge in [0.05, 0.1) is 0 Å². The molecule has 0 atom stereocenters. The molecule has 1 heterocycles. The topological polar surface area (TPSA) is 72.5 Å². The molecular formula is C14H21NO4. The monoisotopic (exact) mass is 267 g/mol. The highest BCUT2D eigenvalue weighted by molar-refractivity contribution is 6.18. The summed E-state index contributed by atoms with van der Waals surface area (Å²) in [5.74, 6) is -1.12. The van der Waals surface area contributed by atoms with Gasteiger partial charge in [-0.1, -0.05) is 0 Å². The maximum absolute atomic E-state index is 12.2. The average Bonchev–Trinajstić information content (AvgIpc) is 2.31. The van der Waals surface area contributed by atoms with Crippen molar-refractivity contribution in [3.05, 3.63) is 11.1 Å². The van der Waals surface area contributed by atoms with Crippen LogP contribution in [-0.4, -0.2) is 28.8 Å². The van der Waals surface area contributed by atoms with Crippen LogP contribution in [0.2, 0.25) is 0 Å². The molecule has 106 valence electrons. The Bertz CT molecular complexity index is 472. The first kappa shape index (κ1) is 15.4. The summed E-state index contributed by atoms with van der Waals surface area (Å²) in [6, 6.07) is 0. The smallest absolute Gasteiger partial charge is 0.344 e. The number of rotatable bonds is 4. The summed E-state index contributed by atoms with van der Waals surface area (Å²) in [6.07, 6.45) is 0.212. The Hall–Kier alpha value is -1.65. The van der Waals surface area contributed by atoms with E-state index in [0.29, 0.717) is 5.57 Å². The molecule has 19 heavy (non-hydrogen) atoms. The predicted octanol–water partition coefficient (Wildman–Crippen LogP) is 1.51. The normalized spacial score (nSPS) is 18.3. The molecule has 0 aromatic carbocycles. The Morgan fingerprint density at radius 2 is 1.84 bits per heavy atom. The van der Waals surface area contributed by atoms with E-state index in [1.54, 1.807) is 34.6 Å². The molecule has 0 aromatic rings. The number of carbonyl (C=O) groups is 3. The minimum atomic E-state index is -0.755. The van der Waals surface area contributed by atoms with Gasteiger partial charge in [0.2, 0.25) is 0 Å². The molecule has 1 aliphatic heterocycles. The second kappa shape index (κ2) is 4.79. The van der Waals surface area contributed by atoms with E-state index in [4.69, 9.17) is 4.74 Å². The van der Waals surface area contributed by atoms with Gasteiger partial charge in [0.1, 0.15) is 17.0 Å². The maximum atomic E-state index is 12.2. The third-order valence-electron chi connectivity index (χ3n) is 3.20. The minimum Gasteiger partial charge on any atom is -0.451 e. The zero-order valence-corrected chi connectivity index (χ0v) is 12.3. The van der Waals surface area contributed by atoms with Crippen molar-refractivity contribution in [2.75, 3.05) is 0 Å². The van der Waals surface area contributed by atoms with Gasteiger partial charge in [-0.2, -0.15) is 0 Å². The summed E-state index contributed by atoms with van der Waals surface area (Å²) in [5.41, 5.74) is -0.798. The van der Waals surface area contributed by atoms with Crippen LogP contribution in [-0.2, 0) is 19.1 Å². The summed E-state index contributed by atoms with van der Waals surface area (Å²) in [7, 11) is 0. The molecule has 0 unspecified atom stereocenters. The van der Waals surface area contributed by atoms with Gasteiger partial charge >= 0.3 is 5.97 Å². The maximum Gasteiger partial charge on any atom is 0.344 e. The van der Waals surface area contributed by atoms with Crippen LogP contribution in [0.5, 0.6) is 0 Å². The van der Waals surface area contributed by atoms with Crippen molar-refractivity contribution in [3.8, 4) is 0 Å². The van der Waals surface area contributed by atoms with Crippen LogP contribution in [0.4, 0.5) is 0 Å². The van der Waals surface area contributed by atoms with Crippen molar-refractivity contribution in [2.45, 2.75) is 59.1 Å². The van der Waals surface area contributed by atoms with Crippen LogP contribution in [0.15, 0.2) is 11.1 Å². The van der Waals surface area contributed by atoms with Crippen LogP contribution in [0.25, 0.3) is 0 Å². The fourth-order valence-electron chi connectivity index (χ4n) is 2.11. The lowest BCUT2D eigenvalue weighted by molar-refractivity contribution is -0.145. The number of nitrogens with one attached hydrogen (secondary N) is 1. The number of ether oxygens (including phenoxy) is 1. The highest BCUT2D eigenvalue weighted by atomic mass is 16.6. The molecule has 0 aliphatic carbocycles. The zero-order chi connectivity index (χ0) is 15.0. The van der Waals surface area contributed by atoms with Crippen molar-refractivity contribution in [1.29, 1.82) is 0 Å². The quantitative estimate of drug-likeness (QED) is 0.619. The molecule has 0 saturated heterocycles. The number of esters is 1. The van der Waals surface area contributed by atoms with Gasteiger partial charge in [0, 0.05) is 12.0 Å². The highest BCUT2D eigenvalue weighted by Crippen LogP contribution is 2.32. The Morgan fingerprint density at radius 3 is 2.21 bits per heavy atom. The number of Topliss-reactive ketones (excluding diaryl/α,β-unsaturated/α-hetero) is 1. The van der Waals surface area contributed by atoms with Crippen molar-refractivity contribution in [2.24, 2.45) is 0 Å². The van der Waals surface area contributed by atoms with E-state index in [9.17, 15) is 14.4 Å². The van der Waals surface area contributed by atoms with Crippen LogP contribution < -0.4 is 5.32 Å². The lowest BCUT2D eigenvalue weighted by atomic mass is 9.94. The first-order valence-corrected chi connectivity index (χ1v) is 6.23. The largest absolute Gasteiger partial charge is 0.451 e. The van der Waals surface area contributed by atoms with E-state index < -0.39 is 23.0 Å². The molecule has 1 rings (SSSR count). The van der Waals surface area contributed by atoms with Crippen LogP contribution in [0.3, 0.4) is 0 Å². The van der Waals surface area contributed by atoms with E-state index in [1.165, 1.54) is 6.92 Å². The summed E-state index contributed by atoms with van der Waals surface area (Å²) in [6.45, 7) is 10.1. The van der Waals surface area contributed by atoms with Crippen molar-refractivity contribution in [3.63, 3.8) is 0 Å². The van der Waals surface area contributed by atoms with E-state index >= 15 is 0 Å². The number of amides is 1. The van der Waals surface area contributed by atoms with Gasteiger partial charge in [0.25, 0.3) is 5.91 Å². The lowest BCUT2D eigenvalue weighted by Gasteiger charge is -2.25. The molecule has 1 aliphatic rings. The highest BCUT2D eigenvalue weighted by Gasteiger charge is 2.41. The zero-order valence-electron chi connectivity index (χ0n) is 12.3. The third-order valence-corrected chi connectivity index (χ3v) is 3.20. The van der Waals surface area contributed by atoms with E-state index in [0.717, 1.165) is 0 Å². The minimum absolute atomic E-state index is 0.0228. The molecule has 0 aromatic heterocycles. The third kappa shape index (κ3) is 3.43. The Labute approximate surface area is 113 Å². The molecular weight excluding hydrogens is 246 g/mol. The molecule has 1 N–H and O–H groups in total. The summed E-state index contributed by atoms with van der Waals surface area (Å²) >= 11 is 0. The molecule has 0 spiro atoms. The van der Waals surface area contributed by atoms with Crippen molar-refractivity contribution >= 4 is 17.7 Å². The van der Waals surface area contributed by atoms with Gasteiger partial charge < -0.3 is 10.1 Å². The lowest BCUT2D eigenvalue weighted by Crippen LogP contribution is -2.46. The van der Waals surface area contributed by atoms with Crippen LogP contribution in [0.1, 0.15) is 48.0 Å². The molecule has 0 saturated carbocycles. The number of cyclic esters (lactones) is 1. The predicted molar refractivity (Wildman–Crippen MR) is 70.4 cm³/mol. The van der Waals surface area contributed by atoms with E-state index in [2.05, 4.69) is 5.32 Å². The molecule has 0 bridgehead atoms. The first-order valence-electron chi connectivity index (χ1n) is 6.23. The fraction of sp³-hybridized carbons (Fsp3) is 0.643. The molecule has 0 fully saturated rings. The standard InChI is InChI=1S/C14H21NO4/c1-8(16)7-13(3,4)15-11(17)10-9(2)14(5,6)19-12(10)18/h7H2,1-6H3,(H,15,17). The average molecular weight is 267 g/mol.